The Morgan fingerprint density at radius 1 is 1.33 bits per heavy atom. The fraction of sp³-hybridized carbons (Fsp3) is 0.800. The summed E-state index contributed by atoms with van der Waals surface area (Å²) in [6, 6.07) is 0. The highest BCUT2D eigenvalue weighted by atomic mass is 16.6. The summed E-state index contributed by atoms with van der Waals surface area (Å²) in [5, 5.41) is 0. The van der Waals surface area contributed by atoms with Crippen LogP contribution in [-0.2, 0) is 23.8 Å². The predicted octanol–water partition coefficient (Wildman–Crippen LogP) is 0.908. The molecule has 15 heavy (non-hydrogen) atoms. The number of carbonyl (C=O) groups is 2. The molecule has 5 nitrogen and oxygen atoms in total. The van der Waals surface area contributed by atoms with Crippen LogP contribution in [0.25, 0.3) is 0 Å². The van der Waals surface area contributed by atoms with E-state index in [-0.39, 0.29) is 24.6 Å². The van der Waals surface area contributed by atoms with Crippen molar-refractivity contribution in [3.8, 4) is 0 Å². The van der Waals surface area contributed by atoms with Crippen molar-refractivity contribution < 1.29 is 23.8 Å². The maximum absolute atomic E-state index is 11.0. The molecule has 0 radical (unpaired) electrons. The van der Waals surface area contributed by atoms with E-state index >= 15 is 0 Å². The molecule has 0 heterocycles. The Bertz CT molecular complexity index is 202. The molecule has 1 unspecified atom stereocenters. The molecule has 0 fully saturated rings. The molecule has 1 atom stereocenters. The van der Waals surface area contributed by atoms with Gasteiger partial charge in [-0.1, -0.05) is 0 Å². The van der Waals surface area contributed by atoms with Crippen LogP contribution in [0.3, 0.4) is 0 Å². The molecule has 0 amide bonds. The van der Waals surface area contributed by atoms with Gasteiger partial charge in [0.05, 0.1) is 12.7 Å². The number of hydrogen-bond acceptors (Lipinski definition) is 5. The van der Waals surface area contributed by atoms with Crippen LogP contribution in [0.5, 0.6) is 0 Å². The van der Waals surface area contributed by atoms with Gasteiger partial charge in [-0.05, 0) is 19.8 Å². The van der Waals surface area contributed by atoms with Gasteiger partial charge in [0.1, 0.15) is 6.61 Å². The van der Waals surface area contributed by atoms with Crippen LogP contribution in [-0.4, -0.2) is 38.4 Å². The largest absolute Gasteiger partial charge is 0.466 e. The van der Waals surface area contributed by atoms with Gasteiger partial charge in [-0.2, -0.15) is 0 Å². The fourth-order valence-electron chi connectivity index (χ4n) is 1.02. The summed E-state index contributed by atoms with van der Waals surface area (Å²) in [6.07, 6.45) is 1.17. The Morgan fingerprint density at radius 2 is 2.00 bits per heavy atom. The molecule has 0 aromatic carbocycles. The molecule has 0 saturated heterocycles. The quantitative estimate of drug-likeness (QED) is 0.469. The Labute approximate surface area is 89.7 Å². The second-order valence-electron chi connectivity index (χ2n) is 3.22. The monoisotopic (exact) mass is 218 g/mol. The number of rotatable bonds is 7. The maximum Gasteiger partial charge on any atom is 0.332 e. The molecule has 0 bridgehead atoms. The van der Waals surface area contributed by atoms with Gasteiger partial charge in [0.2, 0.25) is 0 Å². The number of hydrogen-bond donors (Lipinski definition) is 0. The average Bonchev–Trinajstić information content (AvgIpc) is 2.12. The summed E-state index contributed by atoms with van der Waals surface area (Å²) in [7, 11) is 1.44. The van der Waals surface area contributed by atoms with Gasteiger partial charge in [-0.3, -0.25) is 4.79 Å². The van der Waals surface area contributed by atoms with Gasteiger partial charge >= 0.3 is 11.9 Å². The van der Waals surface area contributed by atoms with E-state index in [0.29, 0.717) is 19.4 Å². The van der Waals surface area contributed by atoms with Crippen molar-refractivity contribution in [2.45, 2.75) is 32.8 Å². The third-order valence-corrected chi connectivity index (χ3v) is 1.66. The van der Waals surface area contributed by atoms with Crippen molar-refractivity contribution in [1.29, 1.82) is 0 Å². The normalized spacial score (nSPS) is 11.9. The van der Waals surface area contributed by atoms with E-state index in [2.05, 4.69) is 4.74 Å². The first-order valence-electron chi connectivity index (χ1n) is 4.88. The third-order valence-electron chi connectivity index (χ3n) is 1.66. The van der Waals surface area contributed by atoms with E-state index in [1.54, 1.807) is 6.92 Å². The summed E-state index contributed by atoms with van der Waals surface area (Å²) in [5.41, 5.74) is 0. The first-order chi connectivity index (χ1) is 7.06. The van der Waals surface area contributed by atoms with Gasteiger partial charge in [0.25, 0.3) is 0 Å². The Morgan fingerprint density at radius 3 is 2.53 bits per heavy atom. The van der Waals surface area contributed by atoms with Crippen molar-refractivity contribution in [2.75, 3.05) is 20.3 Å². The zero-order valence-electron chi connectivity index (χ0n) is 9.45. The lowest BCUT2D eigenvalue weighted by Crippen LogP contribution is -2.19. The fourth-order valence-corrected chi connectivity index (χ4v) is 1.02. The van der Waals surface area contributed by atoms with Crippen molar-refractivity contribution >= 4 is 11.9 Å². The first-order valence-corrected chi connectivity index (χ1v) is 4.88. The van der Waals surface area contributed by atoms with Crippen LogP contribution < -0.4 is 0 Å². The van der Waals surface area contributed by atoms with Gasteiger partial charge in [0, 0.05) is 14.0 Å². The van der Waals surface area contributed by atoms with E-state index in [1.807, 2.05) is 0 Å². The van der Waals surface area contributed by atoms with Crippen molar-refractivity contribution in [3.05, 3.63) is 0 Å². The minimum atomic E-state index is -0.377. The molecule has 0 aliphatic carbocycles. The van der Waals surface area contributed by atoms with Crippen LogP contribution in [0.2, 0.25) is 0 Å². The second-order valence-corrected chi connectivity index (χ2v) is 3.22. The first kappa shape index (κ1) is 13.9. The minimum Gasteiger partial charge on any atom is -0.466 e. The lowest BCUT2D eigenvalue weighted by molar-refractivity contribution is -0.153. The van der Waals surface area contributed by atoms with Crippen LogP contribution in [0.4, 0.5) is 0 Å². The summed E-state index contributed by atoms with van der Waals surface area (Å²) in [6.45, 7) is 3.49. The SMILES string of the molecule is COCC(=O)OC(C)CCCOC(C)=O. The van der Waals surface area contributed by atoms with Crippen LogP contribution in [0, 0.1) is 0 Å². The molecule has 0 spiro atoms. The van der Waals surface area contributed by atoms with E-state index in [4.69, 9.17) is 9.47 Å². The highest BCUT2D eigenvalue weighted by molar-refractivity contribution is 5.70. The van der Waals surface area contributed by atoms with Crippen molar-refractivity contribution in [1.82, 2.24) is 0 Å². The van der Waals surface area contributed by atoms with Crippen LogP contribution >= 0.6 is 0 Å². The summed E-state index contributed by atoms with van der Waals surface area (Å²) in [4.78, 5) is 21.4. The molecule has 0 rings (SSSR count). The average molecular weight is 218 g/mol. The smallest absolute Gasteiger partial charge is 0.332 e. The molecule has 0 aliphatic rings. The molecule has 0 aliphatic heterocycles. The van der Waals surface area contributed by atoms with E-state index in [9.17, 15) is 9.59 Å². The van der Waals surface area contributed by atoms with Crippen LogP contribution in [0.1, 0.15) is 26.7 Å². The Kier molecular flexibility index (Phi) is 7.62. The number of esters is 2. The summed E-state index contributed by atoms with van der Waals surface area (Å²) in [5.74, 6) is -0.670. The molecule has 0 aromatic heterocycles. The van der Waals surface area contributed by atoms with Crippen molar-refractivity contribution in [2.24, 2.45) is 0 Å². The standard InChI is InChI=1S/C10H18O5/c1-8(15-10(12)7-13-3)5-4-6-14-9(2)11/h8H,4-7H2,1-3H3. The van der Waals surface area contributed by atoms with E-state index in [1.165, 1.54) is 14.0 Å². The highest BCUT2D eigenvalue weighted by Gasteiger charge is 2.08. The maximum atomic E-state index is 11.0. The lowest BCUT2D eigenvalue weighted by Gasteiger charge is -2.12. The minimum absolute atomic E-state index is 0.0334. The Hall–Kier alpha value is -1.10. The van der Waals surface area contributed by atoms with Gasteiger partial charge in [-0.15, -0.1) is 0 Å². The van der Waals surface area contributed by atoms with E-state index < -0.39 is 0 Å². The highest BCUT2D eigenvalue weighted by Crippen LogP contribution is 2.02. The molecular weight excluding hydrogens is 200 g/mol. The van der Waals surface area contributed by atoms with Crippen LogP contribution in [0.15, 0.2) is 0 Å². The molecule has 0 saturated carbocycles. The molecule has 0 N–H and O–H groups in total. The van der Waals surface area contributed by atoms with E-state index in [0.717, 1.165) is 0 Å². The lowest BCUT2D eigenvalue weighted by atomic mass is 10.2. The van der Waals surface area contributed by atoms with Gasteiger partial charge < -0.3 is 14.2 Å². The molecular formula is C10H18O5. The Balaban J connectivity index is 3.44. The number of carbonyl (C=O) groups excluding carboxylic acids is 2. The topological polar surface area (TPSA) is 61.8 Å². The predicted molar refractivity (Wildman–Crippen MR) is 53.3 cm³/mol. The third kappa shape index (κ3) is 9.21. The molecule has 5 heteroatoms. The summed E-state index contributed by atoms with van der Waals surface area (Å²) < 4.78 is 14.4. The zero-order chi connectivity index (χ0) is 11.7. The number of ether oxygens (including phenoxy) is 3. The summed E-state index contributed by atoms with van der Waals surface area (Å²) >= 11 is 0. The second kappa shape index (κ2) is 8.23. The van der Waals surface area contributed by atoms with Gasteiger partial charge in [0.15, 0.2) is 0 Å². The molecule has 0 aromatic rings. The number of methoxy groups -OCH3 is 1. The van der Waals surface area contributed by atoms with Crippen molar-refractivity contribution in [3.63, 3.8) is 0 Å². The zero-order valence-corrected chi connectivity index (χ0v) is 9.45. The molecule has 88 valence electrons. The van der Waals surface area contributed by atoms with Gasteiger partial charge in [-0.25, -0.2) is 4.79 Å².